The molecule has 1 fully saturated rings. The number of halogens is 2. The number of aromatic nitrogens is 1. The van der Waals surface area contributed by atoms with Crippen molar-refractivity contribution in [3.05, 3.63) is 46.9 Å². The van der Waals surface area contributed by atoms with E-state index in [9.17, 15) is 22.0 Å². The number of aryl methyl sites for hydroxylation is 1. The van der Waals surface area contributed by atoms with Gasteiger partial charge in [-0.05, 0) is 57.4 Å². The summed E-state index contributed by atoms with van der Waals surface area (Å²) in [4.78, 5) is 14.6. The van der Waals surface area contributed by atoms with E-state index in [1.54, 1.807) is 0 Å². The number of hydrogen-bond acceptors (Lipinski definition) is 5. The standard InChI is InChI=1S/C24H31F2N3O4S/c1-4-6-13-28(5-2)24(30)19-11-14-29(15-12-19)34(31,32)23-17(3)27-33-22(23)10-8-18-7-9-20(25)16-21(18)26/h7-10,16,19H,4-6,11-15H2,1-3H3/b10-8+. The van der Waals surface area contributed by atoms with Gasteiger partial charge in [0.15, 0.2) is 10.7 Å². The summed E-state index contributed by atoms with van der Waals surface area (Å²) < 4.78 is 60.4. The summed E-state index contributed by atoms with van der Waals surface area (Å²) in [6.07, 6.45) is 5.45. The minimum absolute atomic E-state index is 0.0313. The van der Waals surface area contributed by atoms with E-state index < -0.39 is 21.7 Å². The second-order valence-electron chi connectivity index (χ2n) is 8.41. The summed E-state index contributed by atoms with van der Waals surface area (Å²) in [7, 11) is -3.94. The zero-order valence-electron chi connectivity index (χ0n) is 19.8. The summed E-state index contributed by atoms with van der Waals surface area (Å²) in [6.45, 7) is 7.34. The Morgan fingerprint density at radius 3 is 2.56 bits per heavy atom. The molecule has 2 heterocycles. The first-order valence-corrected chi connectivity index (χ1v) is 13.0. The summed E-state index contributed by atoms with van der Waals surface area (Å²) in [6, 6.07) is 3.11. The quantitative estimate of drug-likeness (QED) is 0.512. The molecule has 0 atom stereocenters. The van der Waals surface area contributed by atoms with Gasteiger partial charge in [-0.25, -0.2) is 17.2 Å². The van der Waals surface area contributed by atoms with Crippen LogP contribution in [0.2, 0.25) is 0 Å². The van der Waals surface area contributed by atoms with Gasteiger partial charge in [-0.15, -0.1) is 0 Å². The monoisotopic (exact) mass is 495 g/mol. The Kier molecular flexibility index (Phi) is 8.59. The molecule has 2 aromatic rings. The summed E-state index contributed by atoms with van der Waals surface area (Å²) in [5, 5.41) is 3.79. The van der Waals surface area contributed by atoms with Gasteiger partial charge in [0.25, 0.3) is 0 Å². The molecule has 0 spiro atoms. The number of sulfonamides is 1. The highest BCUT2D eigenvalue weighted by Crippen LogP contribution is 2.30. The fourth-order valence-electron chi connectivity index (χ4n) is 4.10. The SMILES string of the molecule is CCCCN(CC)C(=O)C1CCN(S(=O)(=O)c2c(C)noc2/C=C/c2ccc(F)cc2F)CC1. The zero-order valence-corrected chi connectivity index (χ0v) is 20.6. The third kappa shape index (κ3) is 5.72. The van der Waals surface area contributed by atoms with Crippen LogP contribution in [0.3, 0.4) is 0 Å². The third-order valence-electron chi connectivity index (χ3n) is 6.09. The highest BCUT2D eigenvalue weighted by Gasteiger charge is 2.36. The Bertz CT molecular complexity index is 1140. The lowest BCUT2D eigenvalue weighted by Gasteiger charge is -2.33. The number of unbranched alkanes of at least 4 members (excludes halogenated alkanes) is 1. The van der Waals surface area contributed by atoms with E-state index in [4.69, 9.17) is 4.52 Å². The molecule has 0 bridgehead atoms. The summed E-state index contributed by atoms with van der Waals surface area (Å²) >= 11 is 0. The van der Waals surface area contributed by atoms with E-state index in [0.717, 1.165) is 25.0 Å². The van der Waals surface area contributed by atoms with Crippen LogP contribution < -0.4 is 0 Å². The van der Waals surface area contributed by atoms with Crippen LogP contribution in [0.25, 0.3) is 12.2 Å². The first-order valence-electron chi connectivity index (χ1n) is 11.6. The van der Waals surface area contributed by atoms with Crippen LogP contribution in [0.1, 0.15) is 56.5 Å². The lowest BCUT2D eigenvalue weighted by Crippen LogP contribution is -2.44. The number of piperidine rings is 1. The molecule has 3 rings (SSSR count). The van der Waals surface area contributed by atoms with Gasteiger partial charge in [0, 0.05) is 43.7 Å². The first kappa shape index (κ1) is 26.0. The van der Waals surface area contributed by atoms with Crippen LogP contribution in [0.15, 0.2) is 27.6 Å². The number of amides is 1. The van der Waals surface area contributed by atoms with Gasteiger partial charge in [0.2, 0.25) is 15.9 Å². The molecule has 10 heteroatoms. The van der Waals surface area contributed by atoms with Gasteiger partial charge < -0.3 is 9.42 Å². The maximum absolute atomic E-state index is 13.9. The van der Waals surface area contributed by atoms with Crippen molar-refractivity contribution in [3.63, 3.8) is 0 Å². The van der Waals surface area contributed by atoms with Crippen molar-refractivity contribution in [2.24, 2.45) is 5.92 Å². The van der Waals surface area contributed by atoms with E-state index in [1.807, 2.05) is 11.8 Å². The summed E-state index contributed by atoms with van der Waals surface area (Å²) in [5.41, 5.74) is 0.274. The van der Waals surface area contributed by atoms with Crippen LogP contribution in [0.4, 0.5) is 8.78 Å². The number of carbonyl (C=O) groups excluding carboxylic acids is 1. The van der Waals surface area contributed by atoms with Crippen molar-refractivity contribution >= 4 is 28.1 Å². The van der Waals surface area contributed by atoms with Gasteiger partial charge in [-0.1, -0.05) is 18.5 Å². The molecule has 1 aliphatic heterocycles. The van der Waals surface area contributed by atoms with Crippen LogP contribution in [-0.2, 0) is 14.8 Å². The number of nitrogens with zero attached hydrogens (tertiary/aromatic N) is 3. The van der Waals surface area contributed by atoms with Crippen LogP contribution >= 0.6 is 0 Å². The largest absolute Gasteiger partial charge is 0.355 e. The second-order valence-corrected chi connectivity index (χ2v) is 10.3. The fourth-order valence-corrected chi connectivity index (χ4v) is 5.82. The predicted octanol–water partition coefficient (Wildman–Crippen LogP) is 4.48. The van der Waals surface area contributed by atoms with E-state index >= 15 is 0 Å². The average Bonchev–Trinajstić information content (AvgIpc) is 3.20. The number of carbonyl (C=O) groups is 1. The number of rotatable bonds is 9. The smallest absolute Gasteiger partial charge is 0.248 e. The maximum atomic E-state index is 13.9. The van der Waals surface area contributed by atoms with Gasteiger partial charge in [0.1, 0.15) is 17.3 Å². The molecular weight excluding hydrogens is 464 g/mol. The average molecular weight is 496 g/mol. The van der Waals surface area contributed by atoms with Crippen molar-refractivity contribution < 1.29 is 26.5 Å². The molecule has 0 saturated carbocycles. The van der Waals surface area contributed by atoms with Gasteiger partial charge in [0.05, 0.1) is 0 Å². The van der Waals surface area contributed by atoms with Gasteiger partial charge >= 0.3 is 0 Å². The molecule has 1 saturated heterocycles. The van der Waals surface area contributed by atoms with E-state index in [0.29, 0.717) is 25.9 Å². The maximum Gasteiger partial charge on any atom is 0.248 e. The molecule has 0 N–H and O–H groups in total. The minimum atomic E-state index is -3.94. The van der Waals surface area contributed by atoms with Crippen molar-refractivity contribution in [1.29, 1.82) is 0 Å². The fraction of sp³-hybridized carbons (Fsp3) is 0.500. The molecule has 0 unspecified atom stereocenters. The number of hydrogen-bond donors (Lipinski definition) is 0. The second kappa shape index (κ2) is 11.2. The topological polar surface area (TPSA) is 83.7 Å². The van der Waals surface area contributed by atoms with Crippen LogP contribution in [0, 0.1) is 24.5 Å². The normalized spacial score (nSPS) is 15.8. The molecular formula is C24H31F2N3O4S. The van der Waals surface area contributed by atoms with Crippen molar-refractivity contribution in [2.45, 2.75) is 51.3 Å². The lowest BCUT2D eigenvalue weighted by atomic mass is 9.96. The summed E-state index contributed by atoms with van der Waals surface area (Å²) in [5.74, 6) is -1.63. The minimum Gasteiger partial charge on any atom is -0.355 e. The van der Waals surface area contributed by atoms with Gasteiger partial charge in [-0.2, -0.15) is 4.31 Å². The van der Waals surface area contributed by atoms with Gasteiger partial charge in [-0.3, -0.25) is 4.79 Å². The Balaban J connectivity index is 1.74. The van der Waals surface area contributed by atoms with Crippen molar-refractivity contribution in [2.75, 3.05) is 26.2 Å². The Morgan fingerprint density at radius 2 is 1.94 bits per heavy atom. The molecule has 0 aliphatic carbocycles. The molecule has 1 aliphatic rings. The van der Waals surface area contributed by atoms with Crippen LogP contribution in [0.5, 0.6) is 0 Å². The molecule has 0 radical (unpaired) electrons. The molecule has 1 amide bonds. The van der Waals surface area contributed by atoms with E-state index in [2.05, 4.69) is 12.1 Å². The van der Waals surface area contributed by atoms with Crippen molar-refractivity contribution in [1.82, 2.24) is 14.4 Å². The zero-order chi connectivity index (χ0) is 24.9. The van der Waals surface area contributed by atoms with Crippen molar-refractivity contribution in [3.8, 4) is 0 Å². The van der Waals surface area contributed by atoms with Crippen LogP contribution in [-0.4, -0.2) is 54.9 Å². The van der Waals surface area contributed by atoms with E-state index in [-0.39, 0.29) is 46.8 Å². The van der Waals surface area contributed by atoms with E-state index in [1.165, 1.54) is 29.4 Å². The Morgan fingerprint density at radius 1 is 1.24 bits per heavy atom. The number of benzene rings is 1. The molecule has 1 aromatic carbocycles. The Hall–Kier alpha value is -2.59. The molecule has 34 heavy (non-hydrogen) atoms. The lowest BCUT2D eigenvalue weighted by molar-refractivity contribution is -0.136. The molecule has 186 valence electrons. The molecule has 7 nitrogen and oxygen atoms in total. The third-order valence-corrected chi connectivity index (χ3v) is 8.14. The highest BCUT2D eigenvalue weighted by molar-refractivity contribution is 7.89. The predicted molar refractivity (Wildman–Crippen MR) is 125 cm³/mol. The highest BCUT2D eigenvalue weighted by atomic mass is 32.2. The molecule has 1 aromatic heterocycles. The Labute approximate surface area is 199 Å². The first-order chi connectivity index (χ1) is 16.2.